The lowest BCUT2D eigenvalue weighted by atomic mass is 10.1. The van der Waals surface area contributed by atoms with E-state index in [1.54, 1.807) is 16.9 Å². The molecule has 1 aromatic carbocycles. The zero-order valence-corrected chi connectivity index (χ0v) is 14.4. The molecule has 134 valence electrons. The Bertz CT molecular complexity index is 925. The van der Waals surface area contributed by atoms with Crippen molar-refractivity contribution in [3.8, 4) is 11.1 Å². The fourth-order valence-corrected chi connectivity index (χ4v) is 3.49. The minimum Gasteiger partial charge on any atom is -0.468 e. The molecular weight excluding hydrogens is 332 g/mol. The maximum absolute atomic E-state index is 11.9. The highest BCUT2D eigenvalue weighted by Gasteiger charge is 2.36. The third-order valence-electron chi connectivity index (χ3n) is 4.73. The van der Waals surface area contributed by atoms with Gasteiger partial charge in [0.2, 0.25) is 0 Å². The molecule has 7 nitrogen and oxygen atoms in total. The quantitative estimate of drug-likeness (QED) is 0.717. The van der Waals surface area contributed by atoms with Crippen LogP contribution in [-0.2, 0) is 16.1 Å². The van der Waals surface area contributed by atoms with Crippen molar-refractivity contribution in [3.63, 3.8) is 0 Å². The lowest BCUT2D eigenvalue weighted by Gasteiger charge is -2.21. The topological polar surface area (TPSA) is 80.0 Å². The zero-order valence-electron chi connectivity index (χ0n) is 14.4. The highest BCUT2D eigenvalue weighted by Crippen LogP contribution is 2.24. The number of esters is 1. The van der Waals surface area contributed by atoms with E-state index in [0.29, 0.717) is 19.5 Å². The predicted octanol–water partition coefficient (Wildman–Crippen LogP) is 1.50. The second-order valence-corrected chi connectivity index (χ2v) is 6.51. The van der Waals surface area contributed by atoms with Crippen molar-refractivity contribution in [2.45, 2.75) is 25.1 Å². The van der Waals surface area contributed by atoms with E-state index in [2.05, 4.69) is 10.1 Å². The molecule has 2 aromatic heterocycles. The number of aliphatic hydroxyl groups is 1. The lowest BCUT2D eigenvalue weighted by Crippen LogP contribution is -2.36. The summed E-state index contributed by atoms with van der Waals surface area (Å²) in [6, 6.07) is 9.57. The van der Waals surface area contributed by atoms with Crippen molar-refractivity contribution in [1.29, 1.82) is 0 Å². The Morgan fingerprint density at radius 2 is 2.12 bits per heavy atom. The molecule has 2 atom stereocenters. The fraction of sp³-hybridized carbons (Fsp3) is 0.316. The Labute approximate surface area is 150 Å². The maximum atomic E-state index is 11.9. The first-order valence-electron chi connectivity index (χ1n) is 8.53. The van der Waals surface area contributed by atoms with E-state index in [-0.39, 0.29) is 5.97 Å². The molecular formula is C19H20N4O3. The van der Waals surface area contributed by atoms with Gasteiger partial charge in [-0.05, 0) is 5.56 Å². The summed E-state index contributed by atoms with van der Waals surface area (Å²) >= 11 is 0. The van der Waals surface area contributed by atoms with Gasteiger partial charge in [0.1, 0.15) is 6.04 Å². The summed E-state index contributed by atoms with van der Waals surface area (Å²) in [4.78, 5) is 18.4. The van der Waals surface area contributed by atoms with Gasteiger partial charge < -0.3 is 9.84 Å². The van der Waals surface area contributed by atoms with Gasteiger partial charge in [-0.25, -0.2) is 9.50 Å². The highest BCUT2D eigenvalue weighted by molar-refractivity contribution is 5.77. The van der Waals surface area contributed by atoms with Gasteiger partial charge in [0.25, 0.3) is 0 Å². The van der Waals surface area contributed by atoms with Crippen LogP contribution in [0.3, 0.4) is 0 Å². The monoisotopic (exact) mass is 352 g/mol. The summed E-state index contributed by atoms with van der Waals surface area (Å²) in [6.45, 7) is 0.937. The van der Waals surface area contributed by atoms with Crippen molar-refractivity contribution >= 4 is 11.6 Å². The first-order valence-corrected chi connectivity index (χ1v) is 8.53. The first-order chi connectivity index (χ1) is 12.7. The Kier molecular flexibility index (Phi) is 4.40. The van der Waals surface area contributed by atoms with Gasteiger partial charge >= 0.3 is 5.97 Å². The molecule has 0 amide bonds. The second-order valence-electron chi connectivity index (χ2n) is 6.51. The molecule has 1 aliphatic rings. The molecule has 26 heavy (non-hydrogen) atoms. The number of ether oxygens (including phenoxy) is 1. The number of nitrogens with zero attached hydrogens (tertiary/aromatic N) is 4. The average Bonchev–Trinajstić information content (AvgIpc) is 3.25. The number of fused-ring (bicyclic) bond motifs is 1. The smallest absolute Gasteiger partial charge is 0.323 e. The van der Waals surface area contributed by atoms with Crippen molar-refractivity contribution < 1.29 is 14.6 Å². The summed E-state index contributed by atoms with van der Waals surface area (Å²) in [5.41, 5.74) is 3.74. The van der Waals surface area contributed by atoms with Crippen LogP contribution in [0.25, 0.3) is 16.8 Å². The molecule has 0 unspecified atom stereocenters. The van der Waals surface area contributed by atoms with Crippen molar-refractivity contribution in [3.05, 3.63) is 54.5 Å². The van der Waals surface area contributed by atoms with E-state index < -0.39 is 12.1 Å². The van der Waals surface area contributed by atoms with Crippen LogP contribution >= 0.6 is 0 Å². The van der Waals surface area contributed by atoms with Gasteiger partial charge in [-0.15, -0.1) is 0 Å². The number of carbonyl (C=O) groups excluding carboxylic acids is 1. The first kappa shape index (κ1) is 16.7. The molecule has 0 saturated carbocycles. The van der Waals surface area contributed by atoms with Crippen LogP contribution < -0.4 is 0 Å². The molecule has 3 aromatic rings. The summed E-state index contributed by atoms with van der Waals surface area (Å²) < 4.78 is 6.60. The van der Waals surface area contributed by atoms with Crippen LogP contribution in [-0.4, -0.2) is 56.4 Å². The largest absolute Gasteiger partial charge is 0.468 e. The average molecular weight is 352 g/mol. The van der Waals surface area contributed by atoms with Crippen molar-refractivity contribution in [1.82, 2.24) is 19.5 Å². The van der Waals surface area contributed by atoms with E-state index in [9.17, 15) is 9.90 Å². The van der Waals surface area contributed by atoms with E-state index >= 15 is 0 Å². The Balaban J connectivity index is 1.59. The molecule has 0 aliphatic carbocycles. The summed E-state index contributed by atoms with van der Waals surface area (Å²) in [7, 11) is 1.37. The summed E-state index contributed by atoms with van der Waals surface area (Å²) in [5.74, 6) is -0.318. The molecule has 1 fully saturated rings. The van der Waals surface area contributed by atoms with Gasteiger partial charge in [-0.3, -0.25) is 9.69 Å². The third kappa shape index (κ3) is 3.07. The number of likely N-dealkylation sites (tertiary alicyclic amines) is 1. The Morgan fingerprint density at radius 1 is 1.31 bits per heavy atom. The van der Waals surface area contributed by atoms with Crippen LogP contribution in [0.5, 0.6) is 0 Å². The minimum absolute atomic E-state index is 0.318. The van der Waals surface area contributed by atoms with E-state index in [4.69, 9.17) is 4.74 Å². The summed E-state index contributed by atoms with van der Waals surface area (Å²) in [6.07, 6.45) is 5.38. The molecule has 4 rings (SSSR count). The lowest BCUT2D eigenvalue weighted by molar-refractivity contribution is -0.146. The van der Waals surface area contributed by atoms with Gasteiger partial charge in [0.15, 0.2) is 5.65 Å². The highest BCUT2D eigenvalue weighted by atomic mass is 16.5. The molecule has 7 heteroatoms. The van der Waals surface area contributed by atoms with Gasteiger partial charge in [-0.1, -0.05) is 30.3 Å². The number of β-amino-alcohol motifs (C(OH)–C–C–N with tert-alkyl or cyclic N) is 1. The Morgan fingerprint density at radius 3 is 2.88 bits per heavy atom. The van der Waals surface area contributed by atoms with Crippen LogP contribution in [0.4, 0.5) is 0 Å². The number of aromatic nitrogens is 3. The molecule has 1 N–H and O–H groups in total. The van der Waals surface area contributed by atoms with Crippen molar-refractivity contribution in [2.75, 3.05) is 13.7 Å². The SMILES string of the molecule is COC(=O)[C@@H]1C[C@@H](O)CN1Cc1cnc2c(-c3ccccc3)cnn2c1. The van der Waals surface area contributed by atoms with Crippen LogP contribution in [0.1, 0.15) is 12.0 Å². The second kappa shape index (κ2) is 6.86. The van der Waals surface area contributed by atoms with Gasteiger partial charge in [0.05, 0.1) is 19.4 Å². The standard InChI is InChI=1S/C19H20N4O3/c1-26-19(25)17-7-15(24)12-22(17)10-13-8-20-18-16(9-21-23(18)11-13)14-5-3-2-4-6-14/h2-6,8-9,11,15,17,24H,7,10,12H2,1H3/t15-,17+/m1/s1. The molecule has 1 saturated heterocycles. The van der Waals surface area contributed by atoms with Crippen LogP contribution in [0.15, 0.2) is 48.9 Å². The van der Waals surface area contributed by atoms with Gasteiger partial charge in [-0.2, -0.15) is 5.10 Å². The van der Waals surface area contributed by atoms with Crippen LogP contribution in [0.2, 0.25) is 0 Å². The molecule has 3 heterocycles. The number of carbonyl (C=O) groups is 1. The molecule has 0 spiro atoms. The molecule has 0 bridgehead atoms. The predicted molar refractivity (Wildman–Crippen MR) is 95.3 cm³/mol. The molecule has 0 radical (unpaired) electrons. The number of rotatable bonds is 4. The Hall–Kier alpha value is -2.77. The maximum Gasteiger partial charge on any atom is 0.323 e. The fourth-order valence-electron chi connectivity index (χ4n) is 3.49. The minimum atomic E-state index is -0.523. The van der Waals surface area contributed by atoms with E-state index in [1.165, 1.54) is 7.11 Å². The number of methoxy groups -OCH3 is 1. The summed E-state index contributed by atoms with van der Waals surface area (Å²) in [5, 5.41) is 14.3. The third-order valence-corrected chi connectivity index (χ3v) is 4.73. The normalized spacial score (nSPS) is 20.5. The number of aliphatic hydroxyl groups excluding tert-OH is 1. The van der Waals surface area contributed by atoms with E-state index in [0.717, 1.165) is 22.3 Å². The number of benzene rings is 1. The molecule has 1 aliphatic heterocycles. The van der Waals surface area contributed by atoms with Crippen molar-refractivity contribution in [2.24, 2.45) is 0 Å². The zero-order chi connectivity index (χ0) is 18.1. The number of hydrogen-bond donors (Lipinski definition) is 1. The van der Waals surface area contributed by atoms with E-state index in [1.807, 2.05) is 41.4 Å². The van der Waals surface area contributed by atoms with Crippen LogP contribution in [0, 0.1) is 0 Å². The van der Waals surface area contributed by atoms with Gasteiger partial charge in [0, 0.05) is 43.0 Å². The number of hydrogen-bond acceptors (Lipinski definition) is 6.